The van der Waals surface area contributed by atoms with Crippen LogP contribution in [0, 0.1) is 20.8 Å². The number of hydrogen-bond donors (Lipinski definition) is 0. The first-order chi connectivity index (χ1) is 5.66. The molecule has 0 saturated heterocycles. The van der Waals surface area contributed by atoms with Gasteiger partial charge in [-0.15, -0.1) is 0 Å². The van der Waals surface area contributed by atoms with Crippen LogP contribution in [-0.4, -0.2) is 0 Å². The van der Waals surface area contributed by atoms with Crippen molar-refractivity contribution >= 4 is 0 Å². The molecule has 12 heavy (non-hydrogen) atoms. The molecule has 0 heterocycles. The third kappa shape index (κ3) is 1.50. The van der Waals surface area contributed by atoms with Crippen molar-refractivity contribution in [2.24, 2.45) is 0 Å². The highest BCUT2D eigenvalue weighted by Gasteiger charge is 2.02. The Morgan fingerprint density at radius 1 is 1.17 bits per heavy atom. The van der Waals surface area contributed by atoms with Crippen LogP contribution in [0.5, 0.6) is 5.75 Å². The van der Waals surface area contributed by atoms with E-state index < -0.39 is 0 Å². The van der Waals surface area contributed by atoms with Gasteiger partial charge in [0.25, 0.3) is 0 Å². The van der Waals surface area contributed by atoms with E-state index in [1.54, 1.807) is 0 Å². The monoisotopic (exact) mass is 162 g/mol. The lowest BCUT2D eigenvalue weighted by Gasteiger charge is -2.09. The van der Waals surface area contributed by atoms with Crippen LogP contribution in [0.25, 0.3) is 0 Å². The highest BCUT2D eigenvalue weighted by atomic mass is 16.5. The fourth-order valence-corrected chi connectivity index (χ4v) is 1.15. The molecule has 0 spiro atoms. The molecule has 0 aliphatic heterocycles. The summed E-state index contributed by atoms with van der Waals surface area (Å²) in [6.45, 7) is 9.78. The molecule has 0 amide bonds. The van der Waals surface area contributed by atoms with Gasteiger partial charge in [0, 0.05) is 0 Å². The summed E-state index contributed by atoms with van der Waals surface area (Å²) >= 11 is 0. The first-order valence-corrected chi connectivity index (χ1v) is 4.01. The fraction of sp³-hybridized carbons (Fsp3) is 0.273. The van der Waals surface area contributed by atoms with Crippen LogP contribution < -0.4 is 4.74 Å². The number of hydrogen-bond acceptors (Lipinski definition) is 1. The molecule has 0 bridgehead atoms. The molecule has 0 aromatic heterocycles. The van der Waals surface area contributed by atoms with Crippen molar-refractivity contribution in [2.75, 3.05) is 0 Å². The minimum Gasteiger partial charge on any atom is -0.465 e. The Morgan fingerprint density at radius 3 is 2.42 bits per heavy atom. The predicted octanol–water partition coefficient (Wildman–Crippen LogP) is 3.13. The van der Waals surface area contributed by atoms with E-state index in [1.165, 1.54) is 23.0 Å². The lowest BCUT2D eigenvalue weighted by atomic mass is 10.0. The Balaban J connectivity index is 3.16. The fourth-order valence-electron chi connectivity index (χ4n) is 1.15. The molecule has 1 rings (SSSR count). The first kappa shape index (κ1) is 8.85. The van der Waals surface area contributed by atoms with Crippen molar-refractivity contribution in [2.45, 2.75) is 20.8 Å². The molecule has 1 aromatic carbocycles. The van der Waals surface area contributed by atoms with E-state index in [-0.39, 0.29) is 0 Å². The average molecular weight is 162 g/mol. The summed E-state index contributed by atoms with van der Waals surface area (Å²) in [6.07, 6.45) is 1.46. The van der Waals surface area contributed by atoms with Crippen molar-refractivity contribution in [3.8, 4) is 5.75 Å². The number of aryl methyl sites for hydroxylation is 1. The maximum atomic E-state index is 5.24. The van der Waals surface area contributed by atoms with E-state index in [2.05, 4.69) is 33.4 Å². The predicted molar refractivity (Wildman–Crippen MR) is 51.5 cm³/mol. The van der Waals surface area contributed by atoms with Gasteiger partial charge in [-0.2, -0.15) is 0 Å². The van der Waals surface area contributed by atoms with Crippen LogP contribution >= 0.6 is 0 Å². The van der Waals surface area contributed by atoms with Crippen LogP contribution in [-0.2, 0) is 0 Å². The molecule has 0 aliphatic rings. The van der Waals surface area contributed by atoms with Gasteiger partial charge in [0.2, 0.25) is 0 Å². The van der Waals surface area contributed by atoms with Crippen LogP contribution in [0.2, 0.25) is 0 Å². The lowest BCUT2D eigenvalue weighted by molar-refractivity contribution is 0.479. The van der Waals surface area contributed by atoms with Crippen molar-refractivity contribution in [3.05, 3.63) is 41.7 Å². The summed E-state index contributed by atoms with van der Waals surface area (Å²) in [5, 5.41) is 0. The smallest absolute Gasteiger partial charge is 0.129 e. The van der Waals surface area contributed by atoms with Gasteiger partial charge in [-0.1, -0.05) is 12.6 Å². The molecule has 0 saturated carbocycles. The normalized spacial score (nSPS) is 9.58. The molecule has 0 atom stereocenters. The molecular formula is C11H14O. The first-order valence-electron chi connectivity index (χ1n) is 4.01. The Kier molecular flexibility index (Phi) is 2.54. The number of rotatable bonds is 2. The van der Waals surface area contributed by atoms with Gasteiger partial charge in [0.05, 0.1) is 6.26 Å². The Labute approximate surface area is 73.7 Å². The average Bonchev–Trinajstić information content (AvgIpc) is 2.07. The van der Waals surface area contributed by atoms with E-state index in [9.17, 15) is 0 Å². The summed E-state index contributed by atoms with van der Waals surface area (Å²) in [6, 6.07) is 4.03. The van der Waals surface area contributed by atoms with Crippen LogP contribution in [0.3, 0.4) is 0 Å². The van der Waals surface area contributed by atoms with E-state index >= 15 is 0 Å². The van der Waals surface area contributed by atoms with E-state index in [0.717, 1.165) is 5.75 Å². The Morgan fingerprint density at radius 2 is 1.83 bits per heavy atom. The topological polar surface area (TPSA) is 9.23 Å². The molecule has 64 valence electrons. The molecule has 1 aromatic rings. The van der Waals surface area contributed by atoms with Gasteiger partial charge in [-0.25, -0.2) is 0 Å². The second kappa shape index (κ2) is 3.44. The van der Waals surface area contributed by atoms with Crippen LogP contribution in [0.4, 0.5) is 0 Å². The minimum absolute atomic E-state index is 0.896. The van der Waals surface area contributed by atoms with Crippen molar-refractivity contribution in [3.63, 3.8) is 0 Å². The van der Waals surface area contributed by atoms with Crippen molar-refractivity contribution in [1.82, 2.24) is 0 Å². The summed E-state index contributed by atoms with van der Waals surface area (Å²) in [5.41, 5.74) is 3.77. The molecule has 0 fully saturated rings. The number of ether oxygens (including phenoxy) is 1. The van der Waals surface area contributed by atoms with Gasteiger partial charge >= 0.3 is 0 Å². The molecule has 1 heteroatoms. The molecule has 0 N–H and O–H groups in total. The maximum absolute atomic E-state index is 5.24. The van der Waals surface area contributed by atoms with Gasteiger partial charge in [0.1, 0.15) is 5.75 Å². The Bertz CT molecular complexity index is 300. The zero-order valence-electron chi connectivity index (χ0n) is 7.85. The van der Waals surface area contributed by atoms with Gasteiger partial charge < -0.3 is 4.74 Å². The van der Waals surface area contributed by atoms with E-state index in [1.807, 2.05) is 6.07 Å². The van der Waals surface area contributed by atoms with Crippen LogP contribution in [0.1, 0.15) is 16.7 Å². The van der Waals surface area contributed by atoms with Gasteiger partial charge in [0.15, 0.2) is 0 Å². The highest BCUT2D eigenvalue weighted by molar-refractivity contribution is 5.43. The molecular weight excluding hydrogens is 148 g/mol. The third-order valence-electron chi connectivity index (χ3n) is 2.22. The molecule has 0 aliphatic carbocycles. The summed E-state index contributed by atoms with van der Waals surface area (Å²) in [5.74, 6) is 0.896. The molecule has 0 radical (unpaired) electrons. The summed E-state index contributed by atoms with van der Waals surface area (Å²) < 4.78 is 5.24. The Hall–Kier alpha value is -1.24. The third-order valence-corrected chi connectivity index (χ3v) is 2.22. The van der Waals surface area contributed by atoms with E-state index in [0.29, 0.717) is 0 Å². The molecule has 0 unspecified atom stereocenters. The molecule has 1 nitrogen and oxygen atoms in total. The maximum Gasteiger partial charge on any atom is 0.129 e. The standard InChI is InChI=1S/C11H14O/c1-5-12-11-7-6-8(2)9(3)10(11)4/h5-7H,1H2,2-4H3. The minimum atomic E-state index is 0.896. The quantitative estimate of drug-likeness (QED) is 0.607. The van der Waals surface area contributed by atoms with Crippen molar-refractivity contribution < 1.29 is 4.74 Å². The highest BCUT2D eigenvalue weighted by Crippen LogP contribution is 2.23. The zero-order valence-corrected chi connectivity index (χ0v) is 7.85. The van der Waals surface area contributed by atoms with E-state index in [4.69, 9.17) is 4.74 Å². The van der Waals surface area contributed by atoms with Crippen molar-refractivity contribution in [1.29, 1.82) is 0 Å². The summed E-state index contributed by atoms with van der Waals surface area (Å²) in [7, 11) is 0. The SMILES string of the molecule is C=COc1ccc(C)c(C)c1C. The van der Waals surface area contributed by atoms with Crippen LogP contribution in [0.15, 0.2) is 25.0 Å². The second-order valence-corrected chi connectivity index (χ2v) is 2.92. The zero-order chi connectivity index (χ0) is 9.14. The number of benzene rings is 1. The summed E-state index contributed by atoms with van der Waals surface area (Å²) in [4.78, 5) is 0. The van der Waals surface area contributed by atoms with Gasteiger partial charge in [-0.3, -0.25) is 0 Å². The second-order valence-electron chi connectivity index (χ2n) is 2.92. The lowest BCUT2D eigenvalue weighted by Crippen LogP contribution is -1.91. The van der Waals surface area contributed by atoms with Gasteiger partial charge in [-0.05, 0) is 43.5 Å². The largest absolute Gasteiger partial charge is 0.465 e.